The number of ether oxygens (including phenoxy) is 2. The first kappa shape index (κ1) is 25.5. The van der Waals surface area contributed by atoms with Crippen LogP contribution in [-0.4, -0.2) is 17.6 Å². The van der Waals surface area contributed by atoms with Crippen molar-refractivity contribution < 1.29 is 19.1 Å². The lowest BCUT2D eigenvalue weighted by Gasteiger charge is -2.22. The SMILES string of the molecule is CC(C)(C)OC(=O)Nc1cc(OCc2ccccc2)c(-c2ccccc2)cc1NC(=O)c1ccccc1. The lowest BCUT2D eigenvalue weighted by atomic mass is 10.0. The minimum absolute atomic E-state index is 0.301. The zero-order chi connectivity index (χ0) is 26.3. The van der Waals surface area contributed by atoms with Crippen molar-refractivity contribution in [3.05, 3.63) is 114 Å². The van der Waals surface area contributed by atoms with E-state index in [0.717, 1.165) is 16.7 Å². The first-order valence-electron chi connectivity index (χ1n) is 12.0. The van der Waals surface area contributed by atoms with Crippen molar-refractivity contribution in [3.63, 3.8) is 0 Å². The predicted octanol–water partition coefficient (Wildman–Crippen LogP) is 7.53. The molecule has 0 spiro atoms. The number of nitrogens with one attached hydrogen (secondary N) is 2. The Morgan fingerprint density at radius 2 is 1.30 bits per heavy atom. The maximum Gasteiger partial charge on any atom is 0.412 e. The average molecular weight is 495 g/mol. The minimum atomic E-state index is -0.686. The number of amides is 2. The van der Waals surface area contributed by atoms with Crippen molar-refractivity contribution in [2.24, 2.45) is 0 Å². The normalized spacial score (nSPS) is 10.9. The second kappa shape index (κ2) is 11.4. The first-order chi connectivity index (χ1) is 17.8. The molecule has 6 heteroatoms. The summed E-state index contributed by atoms with van der Waals surface area (Å²) in [7, 11) is 0. The lowest BCUT2D eigenvalue weighted by Crippen LogP contribution is -2.27. The summed E-state index contributed by atoms with van der Waals surface area (Å²) in [6.07, 6.45) is -0.635. The van der Waals surface area contributed by atoms with Gasteiger partial charge in [0.1, 0.15) is 18.0 Å². The fourth-order valence-corrected chi connectivity index (χ4v) is 3.68. The number of benzene rings is 4. The third kappa shape index (κ3) is 7.21. The fourth-order valence-electron chi connectivity index (χ4n) is 3.68. The highest BCUT2D eigenvalue weighted by molar-refractivity contribution is 6.07. The Hall–Kier alpha value is -4.58. The van der Waals surface area contributed by atoms with Gasteiger partial charge in [0, 0.05) is 17.2 Å². The number of anilines is 2. The minimum Gasteiger partial charge on any atom is -0.488 e. The quantitative estimate of drug-likeness (QED) is 0.278. The van der Waals surface area contributed by atoms with Gasteiger partial charge in [0.05, 0.1) is 11.4 Å². The Kier molecular flexibility index (Phi) is 7.89. The number of carbonyl (C=O) groups excluding carboxylic acids is 2. The van der Waals surface area contributed by atoms with Crippen LogP contribution >= 0.6 is 0 Å². The molecule has 2 N–H and O–H groups in total. The van der Waals surface area contributed by atoms with E-state index in [1.807, 2.05) is 72.8 Å². The maximum atomic E-state index is 13.0. The molecule has 0 fully saturated rings. The molecule has 4 rings (SSSR count). The van der Waals surface area contributed by atoms with Crippen molar-refractivity contribution >= 4 is 23.4 Å². The molecule has 6 nitrogen and oxygen atoms in total. The van der Waals surface area contributed by atoms with Crippen molar-refractivity contribution in [2.45, 2.75) is 33.0 Å². The number of hydrogen-bond donors (Lipinski definition) is 2. The third-order valence-corrected chi connectivity index (χ3v) is 5.36. The van der Waals surface area contributed by atoms with Gasteiger partial charge in [-0.2, -0.15) is 0 Å². The second-order valence-electron chi connectivity index (χ2n) is 9.48. The van der Waals surface area contributed by atoms with Gasteiger partial charge in [-0.25, -0.2) is 4.79 Å². The molecule has 4 aromatic rings. The van der Waals surface area contributed by atoms with E-state index < -0.39 is 11.7 Å². The van der Waals surface area contributed by atoms with Crippen LogP contribution in [0.1, 0.15) is 36.7 Å². The molecule has 0 aromatic heterocycles. The highest BCUT2D eigenvalue weighted by Crippen LogP contribution is 2.39. The molecule has 0 radical (unpaired) electrons. The van der Waals surface area contributed by atoms with Gasteiger partial charge in [-0.1, -0.05) is 78.9 Å². The van der Waals surface area contributed by atoms with Gasteiger partial charge in [-0.3, -0.25) is 10.1 Å². The number of carbonyl (C=O) groups is 2. The van der Waals surface area contributed by atoms with Gasteiger partial charge in [0.2, 0.25) is 0 Å². The molecule has 0 unspecified atom stereocenters. The van der Waals surface area contributed by atoms with E-state index in [1.54, 1.807) is 51.1 Å². The highest BCUT2D eigenvalue weighted by atomic mass is 16.6. The van der Waals surface area contributed by atoms with Crippen LogP contribution in [0.2, 0.25) is 0 Å². The average Bonchev–Trinajstić information content (AvgIpc) is 2.89. The van der Waals surface area contributed by atoms with Gasteiger partial charge in [-0.15, -0.1) is 0 Å². The molecule has 188 valence electrons. The Morgan fingerprint density at radius 1 is 0.730 bits per heavy atom. The summed E-state index contributed by atoms with van der Waals surface area (Å²) >= 11 is 0. The Morgan fingerprint density at radius 3 is 1.92 bits per heavy atom. The molecule has 2 amide bonds. The van der Waals surface area contributed by atoms with Crippen LogP contribution in [0.25, 0.3) is 11.1 Å². The van der Waals surface area contributed by atoms with E-state index in [2.05, 4.69) is 10.6 Å². The van der Waals surface area contributed by atoms with E-state index >= 15 is 0 Å². The lowest BCUT2D eigenvalue weighted by molar-refractivity contribution is 0.0635. The summed E-state index contributed by atoms with van der Waals surface area (Å²) in [5.74, 6) is 0.253. The van der Waals surface area contributed by atoms with E-state index in [4.69, 9.17) is 9.47 Å². The zero-order valence-corrected chi connectivity index (χ0v) is 21.2. The molecule has 4 aromatic carbocycles. The van der Waals surface area contributed by atoms with Crippen LogP contribution in [0.3, 0.4) is 0 Å². The Balaban J connectivity index is 1.75. The molecule has 0 aliphatic rings. The molecule has 0 bridgehead atoms. The van der Waals surface area contributed by atoms with E-state index in [9.17, 15) is 9.59 Å². The Bertz CT molecular complexity index is 1350. The molecule has 0 saturated heterocycles. The van der Waals surface area contributed by atoms with Gasteiger partial charge >= 0.3 is 6.09 Å². The molecule has 0 heterocycles. The summed E-state index contributed by atoms with van der Waals surface area (Å²) in [5, 5.41) is 5.73. The van der Waals surface area contributed by atoms with Crippen LogP contribution in [0.4, 0.5) is 16.2 Å². The fraction of sp³-hybridized carbons (Fsp3) is 0.161. The summed E-state index contributed by atoms with van der Waals surface area (Å²) in [4.78, 5) is 25.7. The van der Waals surface area contributed by atoms with E-state index in [-0.39, 0.29) is 5.91 Å². The van der Waals surface area contributed by atoms with Crippen LogP contribution in [-0.2, 0) is 11.3 Å². The van der Waals surface area contributed by atoms with Gasteiger partial charge in [0.15, 0.2) is 0 Å². The molecule has 0 saturated carbocycles. The molecular formula is C31H30N2O4. The van der Waals surface area contributed by atoms with Crippen LogP contribution in [0.15, 0.2) is 103 Å². The van der Waals surface area contributed by atoms with Gasteiger partial charge in [-0.05, 0) is 50.1 Å². The molecule has 37 heavy (non-hydrogen) atoms. The van der Waals surface area contributed by atoms with Crippen LogP contribution in [0, 0.1) is 0 Å². The Labute approximate surface area is 217 Å². The molecule has 0 aliphatic carbocycles. The maximum absolute atomic E-state index is 13.0. The highest BCUT2D eigenvalue weighted by Gasteiger charge is 2.21. The van der Waals surface area contributed by atoms with Crippen molar-refractivity contribution in [2.75, 3.05) is 10.6 Å². The standard InChI is InChI=1S/C31H30N2O4/c1-31(2,3)37-30(35)33-27-20-28(36-21-22-13-7-4-8-14-22)25(23-15-9-5-10-16-23)19-26(27)32-29(34)24-17-11-6-12-18-24/h4-20H,21H2,1-3H3,(H,32,34)(H,33,35). The summed E-state index contributed by atoms with van der Waals surface area (Å²) in [6.45, 7) is 5.70. The van der Waals surface area contributed by atoms with E-state index in [1.165, 1.54) is 0 Å². The largest absolute Gasteiger partial charge is 0.488 e. The van der Waals surface area contributed by atoms with E-state index in [0.29, 0.717) is 29.3 Å². The number of hydrogen-bond acceptors (Lipinski definition) is 4. The van der Waals surface area contributed by atoms with Crippen LogP contribution < -0.4 is 15.4 Å². The number of rotatable bonds is 7. The second-order valence-corrected chi connectivity index (χ2v) is 9.48. The summed E-state index contributed by atoms with van der Waals surface area (Å²) < 4.78 is 11.7. The van der Waals surface area contributed by atoms with Gasteiger partial charge < -0.3 is 14.8 Å². The predicted molar refractivity (Wildman–Crippen MR) is 147 cm³/mol. The van der Waals surface area contributed by atoms with Crippen LogP contribution in [0.5, 0.6) is 5.75 Å². The topological polar surface area (TPSA) is 76.7 Å². The van der Waals surface area contributed by atoms with Crippen molar-refractivity contribution in [1.29, 1.82) is 0 Å². The molecular weight excluding hydrogens is 464 g/mol. The molecule has 0 aliphatic heterocycles. The van der Waals surface area contributed by atoms with Crippen molar-refractivity contribution in [3.8, 4) is 16.9 Å². The van der Waals surface area contributed by atoms with Gasteiger partial charge in [0.25, 0.3) is 5.91 Å². The third-order valence-electron chi connectivity index (χ3n) is 5.36. The summed E-state index contributed by atoms with van der Waals surface area (Å²) in [5.41, 5.74) is 3.28. The first-order valence-corrected chi connectivity index (χ1v) is 12.0. The van der Waals surface area contributed by atoms with Crippen molar-refractivity contribution in [1.82, 2.24) is 0 Å². The summed E-state index contributed by atoms with van der Waals surface area (Å²) in [6, 6.07) is 32.0. The molecule has 0 atom stereocenters. The zero-order valence-electron chi connectivity index (χ0n) is 21.2. The monoisotopic (exact) mass is 494 g/mol. The smallest absolute Gasteiger partial charge is 0.412 e.